The fourth-order valence-electron chi connectivity index (χ4n) is 2.57. The molecule has 0 fully saturated rings. The first-order valence-electron chi connectivity index (χ1n) is 8.44. The summed E-state index contributed by atoms with van der Waals surface area (Å²) < 4.78 is 10.5. The van der Waals surface area contributed by atoms with Gasteiger partial charge in [-0.2, -0.15) is 0 Å². The van der Waals surface area contributed by atoms with E-state index < -0.39 is 0 Å². The first-order valence-corrected chi connectivity index (χ1v) is 8.44. The molecule has 0 bridgehead atoms. The topological polar surface area (TPSA) is 50.8 Å². The zero-order valence-corrected chi connectivity index (χ0v) is 16.3. The SMILES string of the molecule is CCN(CCC(=O)Nc1cc(OC)ccc1OC)Cc1ccccc1.Cl. The molecular formula is C20H27ClN2O3. The van der Waals surface area contributed by atoms with Crippen molar-refractivity contribution in [2.75, 3.05) is 32.6 Å². The molecule has 0 saturated heterocycles. The first kappa shape index (κ1) is 21.8. The number of methoxy groups -OCH3 is 2. The molecule has 0 aromatic heterocycles. The third kappa shape index (κ3) is 6.58. The van der Waals surface area contributed by atoms with Gasteiger partial charge in [0.1, 0.15) is 11.5 Å². The third-order valence-corrected chi connectivity index (χ3v) is 4.03. The lowest BCUT2D eigenvalue weighted by Gasteiger charge is -2.20. The van der Waals surface area contributed by atoms with Gasteiger partial charge in [-0.1, -0.05) is 37.3 Å². The highest BCUT2D eigenvalue weighted by atomic mass is 35.5. The van der Waals surface area contributed by atoms with E-state index in [-0.39, 0.29) is 18.3 Å². The zero-order chi connectivity index (χ0) is 18.1. The maximum absolute atomic E-state index is 12.3. The van der Waals surface area contributed by atoms with Crippen molar-refractivity contribution >= 4 is 24.0 Å². The Morgan fingerprint density at radius 2 is 1.81 bits per heavy atom. The van der Waals surface area contributed by atoms with E-state index in [1.165, 1.54) is 5.56 Å². The summed E-state index contributed by atoms with van der Waals surface area (Å²) in [5.74, 6) is 1.25. The van der Waals surface area contributed by atoms with Crippen molar-refractivity contribution in [3.05, 3.63) is 54.1 Å². The molecule has 0 spiro atoms. The van der Waals surface area contributed by atoms with Gasteiger partial charge in [0.15, 0.2) is 0 Å². The van der Waals surface area contributed by atoms with Crippen LogP contribution in [0.2, 0.25) is 0 Å². The van der Waals surface area contributed by atoms with Crippen LogP contribution in [0.5, 0.6) is 11.5 Å². The quantitative estimate of drug-likeness (QED) is 0.717. The lowest BCUT2D eigenvalue weighted by molar-refractivity contribution is -0.116. The van der Waals surface area contributed by atoms with Crippen LogP contribution >= 0.6 is 12.4 Å². The van der Waals surface area contributed by atoms with E-state index in [1.54, 1.807) is 32.4 Å². The van der Waals surface area contributed by atoms with Crippen LogP contribution in [-0.4, -0.2) is 38.1 Å². The Bertz CT molecular complexity index is 680. The van der Waals surface area contributed by atoms with Gasteiger partial charge in [0.2, 0.25) is 5.91 Å². The number of hydrogen-bond acceptors (Lipinski definition) is 4. The molecule has 6 heteroatoms. The van der Waals surface area contributed by atoms with Crippen molar-refractivity contribution in [2.24, 2.45) is 0 Å². The Morgan fingerprint density at radius 3 is 2.42 bits per heavy atom. The minimum Gasteiger partial charge on any atom is -0.497 e. The van der Waals surface area contributed by atoms with Gasteiger partial charge in [-0.15, -0.1) is 12.4 Å². The molecule has 0 aliphatic carbocycles. The highest BCUT2D eigenvalue weighted by Gasteiger charge is 2.11. The summed E-state index contributed by atoms with van der Waals surface area (Å²) in [6.07, 6.45) is 0.418. The summed E-state index contributed by atoms with van der Waals surface area (Å²) in [7, 11) is 3.17. The second-order valence-electron chi connectivity index (χ2n) is 5.72. The number of amides is 1. The number of anilines is 1. The maximum Gasteiger partial charge on any atom is 0.225 e. The van der Waals surface area contributed by atoms with Crippen LogP contribution in [-0.2, 0) is 11.3 Å². The van der Waals surface area contributed by atoms with Gasteiger partial charge in [-0.05, 0) is 24.2 Å². The molecule has 0 radical (unpaired) electrons. The average Bonchev–Trinajstić information content (AvgIpc) is 2.65. The minimum absolute atomic E-state index is 0. The normalized spacial score (nSPS) is 10.2. The van der Waals surface area contributed by atoms with Crippen molar-refractivity contribution in [2.45, 2.75) is 19.9 Å². The summed E-state index contributed by atoms with van der Waals surface area (Å²) in [4.78, 5) is 14.6. The minimum atomic E-state index is -0.0435. The van der Waals surface area contributed by atoms with Gasteiger partial charge in [-0.3, -0.25) is 9.69 Å². The third-order valence-electron chi connectivity index (χ3n) is 4.03. The van der Waals surface area contributed by atoms with E-state index in [2.05, 4.69) is 29.3 Å². The molecule has 26 heavy (non-hydrogen) atoms. The molecule has 1 amide bonds. The number of nitrogens with zero attached hydrogens (tertiary/aromatic N) is 1. The number of rotatable bonds is 9. The van der Waals surface area contributed by atoms with Crippen LogP contribution < -0.4 is 14.8 Å². The lowest BCUT2D eigenvalue weighted by atomic mass is 10.2. The van der Waals surface area contributed by atoms with E-state index >= 15 is 0 Å². The lowest BCUT2D eigenvalue weighted by Crippen LogP contribution is -2.27. The van der Waals surface area contributed by atoms with Crippen molar-refractivity contribution in [3.63, 3.8) is 0 Å². The number of hydrogen-bond donors (Lipinski definition) is 1. The second-order valence-corrected chi connectivity index (χ2v) is 5.72. The van der Waals surface area contributed by atoms with Crippen molar-refractivity contribution in [3.8, 4) is 11.5 Å². The summed E-state index contributed by atoms with van der Waals surface area (Å²) in [5.41, 5.74) is 1.87. The van der Waals surface area contributed by atoms with Crippen LogP contribution in [0.25, 0.3) is 0 Å². The summed E-state index contributed by atoms with van der Waals surface area (Å²) in [6.45, 7) is 4.53. The Morgan fingerprint density at radius 1 is 1.08 bits per heavy atom. The predicted molar refractivity (Wildman–Crippen MR) is 107 cm³/mol. The number of nitrogens with one attached hydrogen (secondary N) is 1. The van der Waals surface area contributed by atoms with Gasteiger partial charge in [0.05, 0.1) is 19.9 Å². The molecule has 2 rings (SSSR count). The average molecular weight is 379 g/mol. The fourth-order valence-corrected chi connectivity index (χ4v) is 2.57. The molecule has 0 aliphatic rings. The van der Waals surface area contributed by atoms with Crippen LogP contribution in [0.1, 0.15) is 18.9 Å². The Balaban J connectivity index is 0.00000338. The zero-order valence-electron chi connectivity index (χ0n) is 15.5. The molecule has 2 aromatic rings. The summed E-state index contributed by atoms with van der Waals surface area (Å²) in [5, 5.41) is 2.91. The standard InChI is InChI=1S/C20H26N2O3.ClH/c1-4-22(15-16-8-6-5-7-9-16)13-12-20(23)21-18-14-17(24-2)10-11-19(18)25-3;/h5-11,14H,4,12-13,15H2,1-3H3,(H,21,23);1H. The Labute approximate surface area is 161 Å². The van der Waals surface area contributed by atoms with Gasteiger partial charge < -0.3 is 14.8 Å². The highest BCUT2D eigenvalue weighted by molar-refractivity contribution is 5.92. The number of carbonyl (C=O) groups excluding carboxylic acids is 1. The van der Waals surface area contributed by atoms with Crippen molar-refractivity contribution in [1.29, 1.82) is 0 Å². The molecule has 5 nitrogen and oxygen atoms in total. The van der Waals surface area contributed by atoms with E-state index in [4.69, 9.17) is 9.47 Å². The molecule has 0 atom stereocenters. The van der Waals surface area contributed by atoms with Crippen LogP contribution in [0.3, 0.4) is 0 Å². The summed E-state index contributed by atoms with van der Waals surface area (Å²) >= 11 is 0. The first-order chi connectivity index (χ1) is 12.2. The van der Waals surface area contributed by atoms with Crippen LogP contribution in [0.4, 0.5) is 5.69 Å². The van der Waals surface area contributed by atoms with Gasteiger partial charge in [-0.25, -0.2) is 0 Å². The monoisotopic (exact) mass is 378 g/mol. The smallest absolute Gasteiger partial charge is 0.225 e. The second kappa shape index (κ2) is 11.4. The molecule has 0 saturated carbocycles. The Hall–Kier alpha value is -2.24. The number of carbonyl (C=O) groups is 1. The van der Waals surface area contributed by atoms with E-state index in [0.717, 1.165) is 13.1 Å². The van der Waals surface area contributed by atoms with Crippen molar-refractivity contribution in [1.82, 2.24) is 4.90 Å². The molecule has 2 aromatic carbocycles. The molecule has 142 valence electrons. The Kier molecular flexibility index (Phi) is 9.55. The summed E-state index contributed by atoms with van der Waals surface area (Å²) in [6, 6.07) is 15.6. The fraction of sp³-hybridized carbons (Fsp3) is 0.350. The number of benzene rings is 2. The number of ether oxygens (including phenoxy) is 2. The maximum atomic E-state index is 12.3. The molecule has 0 unspecified atom stereocenters. The largest absolute Gasteiger partial charge is 0.497 e. The van der Waals surface area contributed by atoms with Crippen LogP contribution in [0.15, 0.2) is 48.5 Å². The van der Waals surface area contributed by atoms with Gasteiger partial charge in [0, 0.05) is 25.6 Å². The molecular weight excluding hydrogens is 352 g/mol. The predicted octanol–water partition coefficient (Wildman–Crippen LogP) is 3.98. The van der Waals surface area contributed by atoms with E-state index in [1.807, 2.05) is 18.2 Å². The molecule has 1 N–H and O–H groups in total. The van der Waals surface area contributed by atoms with Gasteiger partial charge in [0.25, 0.3) is 0 Å². The molecule has 0 aliphatic heterocycles. The van der Waals surface area contributed by atoms with Crippen molar-refractivity contribution < 1.29 is 14.3 Å². The number of halogens is 1. The van der Waals surface area contributed by atoms with E-state index in [9.17, 15) is 4.79 Å². The van der Waals surface area contributed by atoms with Crippen LogP contribution in [0, 0.1) is 0 Å². The highest BCUT2D eigenvalue weighted by Crippen LogP contribution is 2.28. The van der Waals surface area contributed by atoms with E-state index in [0.29, 0.717) is 30.2 Å². The van der Waals surface area contributed by atoms with Gasteiger partial charge >= 0.3 is 0 Å². The molecule has 0 heterocycles.